The lowest BCUT2D eigenvalue weighted by molar-refractivity contribution is -0.323. The molecule has 1 nitrogen and oxygen atoms in total. The van der Waals surface area contributed by atoms with E-state index in [1.54, 1.807) is 0 Å². The van der Waals surface area contributed by atoms with Gasteiger partial charge in [0.25, 0.3) is 12.9 Å². The maximum atomic E-state index is 11.8. The van der Waals surface area contributed by atoms with E-state index in [1.165, 1.54) is 0 Å². The van der Waals surface area contributed by atoms with E-state index in [2.05, 4.69) is 4.74 Å². The third-order valence-electron chi connectivity index (χ3n) is 1.40. The Kier molecular flexibility index (Phi) is 5.04. The van der Waals surface area contributed by atoms with E-state index >= 15 is 0 Å². The van der Waals surface area contributed by atoms with E-state index in [1.807, 2.05) is 0 Å². The Morgan fingerprint density at radius 3 is 0.941 bits per heavy atom. The van der Waals surface area contributed by atoms with Gasteiger partial charge in [-0.15, -0.1) is 0 Å². The number of alkyl halides is 10. The Labute approximate surface area is 87.3 Å². The highest BCUT2D eigenvalue weighted by Crippen LogP contribution is 2.34. The van der Waals surface area contributed by atoms with Crippen LogP contribution in [0.2, 0.25) is 0 Å². The Balaban J connectivity index is 4.96. The van der Waals surface area contributed by atoms with Crippen molar-refractivity contribution in [2.45, 2.75) is 37.4 Å². The zero-order chi connectivity index (χ0) is 14.0. The highest BCUT2D eigenvalue weighted by molar-refractivity contribution is 4.78. The van der Waals surface area contributed by atoms with Gasteiger partial charge in [-0.2, -0.15) is 26.3 Å². The van der Waals surface area contributed by atoms with E-state index in [-0.39, 0.29) is 0 Å². The Bertz CT molecular complexity index is 206. The molecular formula is C6H4F10O. The maximum absolute atomic E-state index is 11.8. The van der Waals surface area contributed by atoms with Gasteiger partial charge < -0.3 is 4.74 Å². The van der Waals surface area contributed by atoms with Crippen molar-refractivity contribution >= 4 is 0 Å². The van der Waals surface area contributed by atoms with Crippen LogP contribution in [0.1, 0.15) is 0 Å². The van der Waals surface area contributed by atoms with Crippen LogP contribution in [0.3, 0.4) is 0 Å². The summed E-state index contributed by atoms with van der Waals surface area (Å²) in [4.78, 5) is 0. The van der Waals surface area contributed by atoms with Crippen molar-refractivity contribution < 1.29 is 48.6 Å². The van der Waals surface area contributed by atoms with Crippen LogP contribution < -0.4 is 0 Å². The summed E-state index contributed by atoms with van der Waals surface area (Å²) in [6.45, 7) is 0. The van der Waals surface area contributed by atoms with Crippen molar-refractivity contribution in [1.29, 1.82) is 0 Å². The Hall–Kier alpha value is -0.740. The molecule has 2 atom stereocenters. The summed E-state index contributed by atoms with van der Waals surface area (Å²) in [5, 5.41) is 0. The van der Waals surface area contributed by atoms with Crippen molar-refractivity contribution in [3.05, 3.63) is 0 Å². The molecule has 0 aromatic heterocycles. The molecule has 0 aliphatic carbocycles. The van der Waals surface area contributed by atoms with Gasteiger partial charge in [0.15, 0.2) is 0 Å². The van der Waals surface area contributed by atoms with Gasteiger partial charge >= 0.3 is 12.4 Å². The van der Waals surface area contributed by atoms with Crippen molar-refractivity contribution in [1.82, 2.24) is 0 Å². The molecule has 0 N–H and O–H groups in total. The minimum absolute atomic E-state index is 2.75. The summed E-state index contributed by atoms with van der Waals surface area (Å²) in [6.07, 6.45) is -29.0. The molecule has 0 aliphatic rings. The number of rotatable bonds is 4. The molecular weight excluding hydrogens is 278 g/mol. The van der Waals surface area contributed by atoms with Crippen molar-refractivity contribution in [3.8, 4) is 0 Å². The lowest BCUT2D eigenvalue weighted by Crippen LogP contribution is -2.48. The molecule has 0 saturated carbocycles. The number of ether oxygens (including phenoxy) is 1. The molecule has 0 bridgehead atoms. The van der Waals surface area contributed by atoms with Crippen LogP contribution in [-0.4, -0.2) is 37.4 Å². The molecule has 0 amide bonds. The monoisotopic (exact) mass is 282 g/mol. The molecule has 0 aromatic rings. The number of hydrogen-bond donors (Lipinski definition) is 0. The highest BCUT2D eigenvalue weighted by Gasteiger charge is 2.55. The topological polar surface area (TPSA) is 9.23 Å². The van der Waals surface area contributed by atoms with E-state index in [0.717, 1.165) is 0 Å². The average molecular weight is 282 g/mol. The van der Waals surface area contributed by atoms with E-state index in [4.69, 9.17) is 0 Å². The van der Waals surface area contributed by atoms with Crippen molar-refractivity contribution in [3.63, 3.8) is 0 Å². The average Bonchev–Trinajstić information content (AvgIpc) is 1.96. The lowest BCUT2D eigenvalue weighted by Gasteiger charge is -2.26. The molecule has 0 fully saturated rings. The van der Waals surface area contributed by atoms with Gasteiger partial charge in [0.05, 0.1) is 0 Å². The van der Waals surface area contributed by atoms with E-state index in [0.29, 0.717) is 0 Å². The smallest absolute Gasteiger partial charge is 0.345 e. The summed E-state index contributed by atoms with van der Waals surface area (Å²) in [5.74, 6) is 0. The van der Waals surface area contributed by atoms with Gasteiger partial charge in [-0.25, -0.2) is 17.6 Å². The highest BCUT2D eigenvalue weighted by atomic mass is 19.4. The van der Waals surface area contributed by atoms with Crippen molar-refractivity contribution in [2.24, 2.45) is 0 Å². The van der Waals surface area contributed by atoms with Crippen LogP contribution in [0.4, 0.5) is 43.9 Å². The van der Waals surface area contributed by atoms with Gasteiger partial charge in [0, 0.05) is 0 Å². The normalized spacial score (nSPS) is 17.6. The first kappa shape index (κ1) is 16.3. The molecule has 17 heavy (non-hydrogen) atoms. The number of halogens is 10. The fourth-order valence-electron chi connectivity index (χ4n) is 0.717. The second-order valence-electron chi connectivity index (χ2n) is 2.73. The maximum Gasteiger partial charge on any atom is 0.420 e. The first-order valence-corrected chi connectivity index (χ1v) is 3.72. The van der Waals surface area contributed by atoms with Crippen LogP contribution >= 0.6 is 0 Å². The SMILES string of the molecule is FC(F)[C@@H](O[C@@H](C(F)F)C(F)(F)F)C(F)(F)F. The Morgan fingerprint density at radius 1 is 0.588 bits per heavy atom. The minimum Gasteiger partial charge on any atom is -0.345 e. The van der Waals surface area contributed by atoms with Crippen LogP contribution in [0.15, 0.2) is 0 Å². The summed E-state index contributed by atoms with van der Waals surface area (Å²) in [7, 11) is 0. The summed E-state index contributed by atoms with van der Waals surface area (Å²) >= 11 is 0. The van der Waals surface area contributed by atoms with Crippen LogP contribution in [0.25, 0.3) is 0 Å². The summed E-state index contributed by atoms with van der Waals surface area (Å²) in [5.41, 5.74) is 0. The number of hydrogen-bond acceptors (Lipinski definition) is 1. The largest absolute Gasteiger partial charge is 0.420 e. The quantitative estimate of drug-likeness (QED) is 0.718. The first-order chi connectivity index (χ1) is 7.37. The minimum atomic E-state index is -5.88. The van der Waals surface area contributed by atoms with Crippen LogP contribution in [0, 0.1) is 0 Å². The molecule has 0 unspecified atom stereocenters. The molecule has 0 spiro atoms. The van der Waals surface area contributed by atoms with Gasteiger partial charge in [-0.05, 0) is 0 Å². The summed E-state index contributed by atoms with van der Waals surface area (Å²) < 4.78 is 120. The van der Waals surface area contributed by atoms with Crippen LogP contribution in [-0.2, 0) is 4.74 Å². The van der Waals surface area contributed by atoms with E-state index in [9.17, 15) is 43.9 Å². The Morgan fingerprint density at radius 2 is 0.824 bits per heavy atom. The third kappa shape index (κ3) is 4.96. The van der Waals surface area contributed by atoms with Crippen LogP contribution in [0.5, 0.6) is 0 Å². The van der Waals surface area contributed by atoms with Gasteiger partial charge in [0.2, 0.25) is 12.2 Å². The second-order valence-corrected chi connectivity index (χ2v) is 2.73. The zero-order valence-electron chi connectivity index (χ0n) is 7.50. The van der Waals surface area contributed by atoms with E-state index < -0.39 is 37.4 Å². The zero-order valence-corrected chi connectivity index (χ0v) is 7.50. The summed E-state index contributed by atoms with van der Waals surface area (Å²) in [6, 6.07) is 0. The first-order valence-electron chi connectivity index (χ1n) is 3.72. The fourth-order valence-corrected chi connectivity index (χ4v) is 0.717. The molecule has 0 saturated heterocycles. The predicted molar refractivity (Wildman–Crippen MR) is 32.8 cm³/mol. The molecule has 104 valence electrons. The third-order valence-corrected chi connectivity index (χ3v) is 1.40. The van der Waals surface area contributed by atoms with Crippen molar-refractivity contribution in [2.75, 3.05) is 0 Å². The molecule has 0 radical (unpaired) electrons. The van der Waals surface area contributed by atoms with Gasteiger partial charge in [0.1, 0.15) is 0 Å². The van der Waals surface area contributed by atoms with Gasteiger partial charge in [-0.3, -0.25) is 0 Å². The molecule has 0 rings (SSSR count). The second kappa shape index (κ2) is 5.27. The standard InChI is InChI=1S/C6H4F10O/c7-3(8)1(5(11,12)13)17-2(4(9)10)6(14,15)16/h1-4H/t1-,2+. The molecule has 0 aromatic carbocycles. The molecule has 11 heteroatoms. The lowest BCUT2D eigenvalue weighted by atomic mass is 10.3. The molecule has 0 aliphatic heterocycles. The van der Waals surface area contributed by atoms with Gasteiger partial charge in [-0.1, -0.05) is 0 Å². The predicted octanol–water partition coefficient (Wildman–Crippen LogP) is 3.40. The molecule has 0 heterocycles. The fraction of sp³-hybridized carbons (Fsp3) is 1.00.